The van der Waals surface area contributed by atoms with Crippen LogP contribution >= 0.6 is 0 Å². The Bertz CT molecular complexity index is 430. The summed E-state index contributed by atoms with van der Waals surface area (Å²) >= 11 is 0. The molecule has 1 saturated heterocycles. The molecule has 4 heteroatoms. The maximum Gasteiger partial charge on any atom is 0.137 e. The molecule has 112 valence electrons. The first-order valence-corrected chi connectivity index (χ1v) is 8.01. The molecule has 1 N–H and O–H groups in total. The van der Waals surface area contributed by atoms with Gasteiger partial charge in [0.15, 0.2) is 0 Å². The van der Waals surface area contributed by atoms with Crippen LogP contribution in [0.5, 0.6) is 0 Å². The molecular weight excluding hydrogens is 248 g/mol. The smallest absolute Gasteiger partial charge is 0.137 e. The maximum absolute atomic E-state index is 4.59. The van der Waals surface area contributed by atoms with Crippen molar-refractivity contribution in [1.29, 1.82) is 0 Å². The van der Waals surface area contributed by atoms with Crippen molar-refractivity contribution in [2.24, 2.45) is 5.92 Å². The molecule has 1 aromatic heterocycles. The summed E-state index contributed by atoms with van der Waals surface area (Å²) in [6, 6.07) is 0. The van der Waals surface area contributed by atoms with E-state index in [1.54, 1.807) is 6.33 Å². The second-order valence-electron chi connectivity index (χ2n) is 6.05. The van der Waals surface area contributed by atoms with Crippen molar-refractivity contribution in [3.63, 3.8) is 0 Å². The van der Waals surface area contributed by atoms with E-state index in [9.17, 15) is 0 Å². The van der Waals surface area contributed by atoms with Gasteiger partial charge in [0.05, 0.1) is 0 Å². The molecule has 1 atom stereocenters. The van der Waals surface area contributed by atoms with Gasteiger partial charge in [-0.1, -0.05) is 34.1 Å². The molecule has 0 bridgehead atoms. The molecule has 1 unspecified atom stereocenters. The fourth-order valence-electron chi connectivity index (χ4n) is 2.91. The Morgan fingerprint density at radius 3 is 2.75 bits per heavy atom. The van der Waals surface area contributed by atoms with Crippen LogP contribution in [0.15, 0.2) is 6.33 Å². The summed E-state index contributed by atoms with van der Waals surface area (Å²) in [5.41, 5.74) is 1.28. The highest BCUT2D eigenvalue weighted by Gasteiger charge is 2.26. The van der Waals surface area contributed by atoms with E-state index in [1.165, 1.54) is 18.4 Å². The topological polar surface area (TPSA) is 41.1 Å². The average Bonchev–Trinajstić information content (AvgIpc) is 2.93. The molecular formula is C16H28N4. The average molecular weight is 276 g/mol. The van der Waals surface area contributed by atoms with E-state index in [0.29, 0.717) is 5.92 Å². The van der Waals surface area contributed by atoms with E-state index >= 15 is 0 Å². The minimum absolute atomic E-state index is 0.436. The van der Waals surface area contributed by atoms with Crippen LogP contribution in [0.1, 0.15) is 58.4 Å². The second-order valence-corrected chi connectivity index (χ2v) is 6.05. The predicted molar refractivity (Wildman–Crippen MR) is 85.5 cm³/mol. The van der Waals surface area contributed by atoms with Gasteiger partial charge in [0.1, 0.15) is 18.0 Å². The van der Waals surface area contributed by atoms with Gasteiger partial charge >= 0.3 is 0 Å². The van der Waals surface area contributed by atoms with Crippen molar-refractivity contribution >= 4 is 11.6 Å². The number of rotatable bonds is 6. The van der Waals surface area contributed by atoms with Gasteiger partial charge in [0.2, 0.25) is 0 Å². The molecule has 0 spiro atoms. The minimum Gasteiger partial charge on any atom is -0.370 e. The second kappa shape index (κ2) is 6.91. The molecule has 1 aromatic rings. The molecule has 4 nitrogen and oxygen atoms in total. The van der Waals surface area contributed by atoms with E-state index in [-0.39, 0.29) is 0 Å². The summed E-state index contributed by atoms with van der Waals surface area (Å²) in [5, 5.41) is 3.46. The highest BCUT2D eigenvalue weighted by Crippen LogP contribution is 2.34. The van der Waals surface area contributed by atoms with Gasteiger partial charge in [-0.15, -0.1) is 0 Å². The van der Waals surface area contributed by atoms with Crippen molar-refractivity contribution in [3.05, 3.63) is 11.9 Å². The van der Waals surface area contributed by atoms with Gasteiger partial charge in [-0.2, -0.15) is 0 Å². The van der Waals surface area contributed by atoms with Crippen LogP contribution in [0.4, 0.5) is 11.6 Å². The number of hydrogen-bond acceptors (Lipinski definition) is 4. The fraction of sp³-hybridized carbons (Fsp3) is 0.750. The van der Waals surface area contributed by atoms with Gasteiger partial charge < -0.3 is 10.2 Å². The molecule has 20 heavy (non-hydrogen) atoms. The Morgan fingerprint density at radius 2 is 2.15 bits per heavy atom. The number of nitrogens with zero attached hydrogens (tertiary/aromatic N) is 3. The highest BCUT2D eigenvalue weighted by atomic mass is 15.2. The number of aromatic nitrogens is 2. The van der Waals surface area contributed by atoms with Crippen molar-refractivity contribution in [3.8, 4) is 0 Å². The number of anilines is 2. The first kappa shape index (κ1) is 15.1. The van der Waals surface area contributed by atoms with Gasteiger partial charge in [0.25, 0.3) is 0 Å². The lowest BCUT2D eigenvalue weighted by Gasteiger charge is -2.24. The number of nitrogens with one attached hydrogen (secondary N) is 1. The van der Waals surface area contributed by atoms with Gasteiger partial charge in [0, 0.05) is 25.2 Å². The lowest BCUT2D eigenvalue weighted by molar-refractivity contribution is 0.568. The van der Waals surface area contributed by atoms with Gasteiger partial charge in [-0.05, 0) is 24.7 Å². The zero-order valence-electron chi connectivity index (χ0n) is 13.3. The van der Waals surface area contributed by atoms with Crippen LogP contribution in [0, 0.1) is 5.92 Å². The molecule has 0 radical (unpaired) electrons. The maximum atomic E-state index is 4.59. The molecule has 0 saturated carbocycles. The highest BCUT2D eigenvalue weighted by molar-refractivity contribution is 5.60. The largest absolute Gasteiger partial charge is 0.370 e. The zero-order valence-corrected chi connectivity index (χ0v) is 13.3. The molecule has 1 fully saturated rings. The van der Waals surface area contributed by atoms with E-state index in [1.807, 2.05) is 0 Å². The zero-order chi connectivity index (χ0) is 14.5. The van der Waals surface area contributed by atoms with Gasteiger partial charge in [-0.3, -0.25) is 0 Å². The van der Waals surface area contributed by atoms with E-state index in [0.717, 1.165) is 43.6 Å². The summed E-state index contributed by atoms with van der Waals surface area (Å²) in [5.74, 6) is 3.42. The molecule has 0 amide bonds. The van der Waals surface area contributed by atoms with Crippen LogP contribution in [0.2, 0.25) is 0 Å². The molecule has 2 heterocycles. The normalized spacial score (nSPS) is 18.9. The van der Waals surface area contributed by atoms with Crippen LogP contribution in [-0.4, -0.2) is 29.6 Å². The Hall–Kier alpha value is -1.32. The van der Waals surface area contributed by atoms with E-state index in [4.69, 9.17) is 0 Å². The Kier molecular flexibility index (Phi) is 5.21. The van der Waals surface area contributed by atoms with Crippen LogP contribution in [0.25, 0.3) is 0 Å². The third-order valence-electron chi connectivity index (χ3n) is 4.15. The third kappa shape index (κ3) is 3.22. The molecule has 1 aliphatic heterocycles. The molecule has 2 rings (SSSR count). The van der Waals surface area contributed by atoms with Crippen molar-refractivity contribution < 1.29 is 0 Å². The Labute approximate surface area is 123 Å². The van der Waals surface area contributed by atoms with Crippen LogP contribution in [-0.2, 0) is 0 Å². The Balaban J connectivity index is 2.27. The van der Waals surface area contributed by atoms with Crippen molar-refractivity contribution in [2.75, 3.05) is 29.9 Å². The Morgan fingerprint density at radius 1 is 1.35 bits per heavy atom. The van der Waals surface area contributed by atoms with Crippen LogP contribution < -0.4 is 10.2 Å². The summed E-state index contributed by atoms with van der Waals surface area (Å²) in [7, 11) is 0. The van der Waals surface area contributed by atoms with Crippen molar-refractivity contribution in [1.82, 2.24) is 9.97 Å². The van der Waals surface area contributed by atoms with Crippen LogP contribution in [0.3, 0.4) is 0 Å². The van der Waals surface area contributed by atoms with Crippen molar-refractivity contribution in [2.45, 2.75) is 52.9 Å². The number of hydrogen-bond donors (Lipinski definition) is 1. The summed E-state index contributed by atoms with van der Waals surface area (Å²) in [4.78, 5) is 11.5. The first-order chi connectivity index (χ1) is 9.67. The fourth-order valence-corrected chi connectivity index (χ4v) is 2.91. The first-order valence-electron chi connectivity index (χ1n) is 8.01. The quantitative estimate of drug-likeness (QED) is 0.861. The summed E-state index contributed by atoms with van der Waals surface area (Å²) < 4.78 is 0. The minimum atomic E-state index is 0.436. The summed E-state index contributed by atoms with van der Waals surface area (Å²) in [6.45, 7) is 12.2. The van der Waals surface area contributed by atoms with E-state index in [2.05, 4.69) is 47.9 Å². The predicted octanol–water partition coefficient (Wildman–Crippen LogP) is 3.66. The lowest BCUT2D eigenvalue weighted by atomic mass is 10.0. The molecule has 1 aliphatic rings. The monoisotopic (exact) mass is 276 g/mol. The van der Waals surface area contributed by atoms with E-state index < -0.39 is 0 Å². The SMILES string of the molecule is CCCNc1ncnc(N2CCC(CC)C2)c1C(C)C. The summed E-state index contributed by atoms with van der Waals surface area (Å²) in [6.07, 6.45) is 5.37. The molecule has 0 aromatic carbocycles. The lowest BCUT2D eigenvalue weighted by Crippen LogP contribution is -2.23. The standard InChI is InChI=1S/C16H28N4/c1-5-8-17-15-14(12(3)4)16(19-11-18-15)20-9-7-13(6-2)10-20/h11-13H,5-10H2,1-4H3,(H,17,18,19). The molecule has 0 aliphatic carbocycles. The third-order valence-corrected chi connectivity index (χ3v) is 4.15. The van der Waals surface area contributed by atoms with Gasteiger partial charge in [-0.25, -0.2) is 9.97 Å².